The summed E-state index contributed by atoms with van der Waals surface area (Å²) in [5.74, 6) is -2.20. The molecule has 2 amide bonds. The van der Waals surface area contributed by atoms with E-state index in [-0.39, 0.29) is 50.8 Å². The molecule has 10 nitrogen and oxygen atoms in total. The number of rotatable bonds is 5. The zero-order valence-corrected chi connectivity index (χ0v) is 13.3. The van der Waals surface area contributed by atoms with Gasteiger partial charge in [0.25, 0.3) is 5.69 Å². The van der Waals surface area contributed by atoms with Crippen molar-refractivity contribution in [2.24, 2.45) is 0 Å². The molecule has 2 rings (SSSR count). The minimum absolute atomic E-state index is 0.0443. The summed E-state index contributed by atoms with van der Waals surface area (Å²) >= 11 is 0. The number of nitrogens with zero attached hydrogens (tertiary/aromatic N) is 3. The molecule has 1 heterocycles. The minimum Gasteiger partial charge on any atom is -0.493 e. The molecule has 0 aromatic heterocycles. The maximum Gasteiger partial charge on any atom is 0.394 e. The van der Waals surface area contributed by atoms with Gasteiger partial charge in [-0.2, -0.15) is 0 Å². The molecule has 1 aliphatic heterocycles. The quantitative estimate of drug-likeness (QED) is 0.453. The number of non-ortho nitro benzene ring substituents is 1. The molecule has 1 fully saturated rings. The van der Waals surface area contributed by atoms with Gasteiger partial charge in [-0.05, 0) is 12.1 Å². The number of carboxylic acids is 1. The van der Waals surface area contributed by atoms with Crippen molar-refractivity contribution in [1.82, 2.24) is 9.80 Å². The molecule has 1 N–H and O–H groups in total. The maximum absolute atomic E-state index is 12.1. The van der Waals surface area contributed by atoms with Crippen LogP contribution in [0.15, 0.2) is 24.3 Å². The molecule has 1 aliphatic rings. The Kier molecular flexibility index (Phi) is 5.88. The van der Waals surface area contributed by atoms with Crippen LogP contribution in [0.1, 0.15) is 6.42 Å². The Morgan fingerprint density at radius 1 is 1.08 bits per heavy atom. The van der Waals surface area contributed by atoms with Gasteiger partial charge in [0, 0.05) is 38.3 Å². The molecule has 0 spiro atoms. The fourth-order valence-electron chi connectivity index (χ4n) is 2.37. The van der Waals surface area contributed by atoms with Crippen LogP contribution in [-0.2, 0) is 14.4 Å². The van der Waals surface area contributed by atoms with Gasteiger partial charge >= 0.3 is 11.9 Å². The van der Waals surface area contributed by atoms with Crippen molar-refractivity contribution in [2.75, 3.05) is 32.8 Å². The third-order valence-electron chi connectivity index (χ3n) is 3.73. The SMILES string of the molecule is O=C(O)C(=O)N1CCN(C(=O)CCOc2ccc([N+](=O)[O-])cc2)CC1. The Hall–Kier alpha value is -3.17. The number of carboxylic acid groups (broad SMARTS) is 1. The summed E-state index contributed by atoms with van der Waals surface area (Å²) in [6, 6.07) is 5.55. The molecular formula is C15H17N3O7. The van der Waals surface area contributed by atoms with Crippen LogP contribution in [0, 0.1) is 10.1 Å². The minimum atomic E-state index is -1.50. The van der Waals surface area contributed by atoms with Crippen LogP contribution in [-0.4, -0.2) is 70.4 Å². The van der Waals surface area contributed by atoms with Gasteiger partial charge in [-0.3, -0.25) is 19.7 Å². The summed E-state index contributed by atoms with van der Waals surface area (Å²) in [5, 5.41) is 19.2. The van der Waals surface area contributed by atoms with E-state index in [2.05, 4.69) is 0 Å². The molecule has 0 radical (unpaired) electrons. The highest BCUT2D eigenvalue weighted by Crippen LogP contribution is 2.17. The van der Waals surface area contributed by atoms with Gasteiger partial charge in [0.2, 0.25) is 5.91 Å². The molecule has 0 unspecified atom stereocenters. The van der Waals surface area contributed by atoms with Crippen LogP contribution in [0.5, 0.6) is 5.75 Å². The lowest BCUT2D eigenvalue weighted by molar-refractivity contribution is -0.384. The molecule has 0 atom stereocenters. The van der Waals surface area contributed by atoms with Gasteiger partial charge in [0.1, 0.15) is 5.75 Å². The van der Waals surface area contributed by atoms with Crippen LogP contribution < -0.4 is 4.74 Å². The second-order valence-electron chi connectivity index (χ2n) is 5.33. The van der Waals surface area contributed by atoms with Crippen LogP contribution >= 0.6 is 0 Å². The van der Waals surface area contributed by atoms with Crippen LogP contribution in [0.25, 0.3) is 0 Å². The van der Waals surface area contributed by atoms with E-state index in [1.54, 1.807) is 4.90 Å². The number of ether oxygens (including phenoxy) is 1. The zero-order chi connectivity index (χ0) is 18.4. The molecule has 134 valence electrons. The van der Waals surface area contributed by atoms with E-state index < -0.39 is 16.8 Å². The average Bonchev–Trinajstić information content (AvgIpc) is 2.61. The molecule has 10 heteroatoms. The monoisotopic (exact) mass is 351 g/mol. The summed E-state index contributed by atoms with van der Waals surface area (Å²) in [5.41, 5.74) is -0.0443. The van der Waals surface area contributed by atoms with E-state index in [9.17, 15) is 24.5 Å². The van der Waals surface area contributed by atoms with Crippen molar-refractivity contribution in [2.45, 2.75) is 6.42 Å². The van der Waals surface area contributed by atoms with Crippen molar-refractivity contribution < 1.29 is 29.2 Å². The van der Waals surface area contributed by atoms with Crippen LogP contribution in [0.3, 0.4) is 0 Å². The fraction of sp³-hybridized carbons (Fsp3) is 0.400. The second kappa shape index (κ2) is 8.08. The molecule has 0 aliphatic carbocycles. The molecule has 0 saturated carbocycles. The van der Waals surface area contributed by atoms with Crippen molar-refractivity contribution in [3.8, 4) is 5.75 Å². The van der Waals surface area contributed by atoms with E-state index in [1.807, 2.05) is 0 Å². The highest BCUT2D eigenvalue weighted by atomic mass is 16.6. The van der Waals surface area contributed by atoms with E-state index in [0.29, 0.717) is 5.75 Å². The first-order valence-corrected chi connectivity index (χ1v) is 7.55. The Balaban J connectivity index is 1.73. The summed E-state index contributed by atoms with van der Waals surface area (Å²) in [7, 11) is 0. The van der Waals surface area contributed by atoms with Crippen molar-refractivity contribution >= 4 is 23.5 Å². The number of hydrogen-bond donors (Lipinski definition) is 1. The lowest BCUT2D eigenvalue weighted by atomic mass is 10.2. The summed E-state index contributed by atoms with van der Waals surface area (Å²) in [6.45, 7) is 1.02. The first kappa shape index (κ1) is 18.2. The Morgan fingerprint density at radius 3 is 2.16 bits per heavy atom. The summed E-state index contributed by atoms with van der Waals surface area (Å²) in [6.07, 6.45) is 0.115. The smallest absolute Gasteiger partial charge is 0.394 e. The van der Waals surface area contributed by atoms with E-state index in [0.717, 1.165) is 0 Å². The number of aliphatic carboxylic acids is 1. The van der Waals surface area contributed by atoms with Crippen molar-refractivity contribution in [3.05, 3.63) is 34.4 Å². The number of piperazine rings is 1. The molecule has 1 aromatic rings. The van der Waals surface area contributed by atoms with Gasteiger partial charge in [0.05, 0.1) is 18.0 Å². The normalized spacial score (nSPS) is 14.1. The van der Waals surface area contributed by atoms with Crippen molar-refractivity contribution in [1.29, 1.82) is 0 Å². The molecular weight excluding hydrogens is 334 g/mol. The highest BCUT2D eigenvalue weighted by molar-refractivity contribution is 6.31. The number of carbonyl (C=O) groups excluding carboxylic acids is 2. The predicted octanol–water partition coefficient (Wildman–Crippen LogP) is 0.119. The largest absolute Gasteiger partial charge is 0.493 e. The van der Waals surface area contributed by atoms with Crippen molar-refractivity contribution in [3.63, 3.8) is 0 Å². The van der Waals surface area contributed by atoms with E-state index in [1.165, 1.54) is 29.2 Å². The lowest BCUT2D eigenvalue weighted by Crippen LogP contribution is -2.52. The fourth-order valence-corrected chi connectivity index (χ4v) is 2.37. The van der Waals surface area contributed by atoms with E-state index in [4.69, 9.17) is 9.84 Å². The Morgan fingerprint density at radius 2 is 1.64 bits per heavy atom. The number of carbonyl (C=O) groups is 3. The molecule has 0 bridgehead atoms. The molecule has 1 aromatic carbocycles. The Bertz CT molecular complexity index is 666. The topological polar surface area (TPSA) is 130 Å². The van der Waals surface area contributed by atoms with Gasteiger partial charge in [-0.25, -0.2) is 4.79 Å². The zero-order valence-electron chi connectivity index (χ0n) is 13.3. The summed E-state index contributed by atoms with van der Waals surface area (Å²) < 4.78 is 5.38. The number of nitro groups is 1. The average molecular weight is 351 g/mol. The standard InChI is InChI=1S/C15H17N3O7/c19-13(16-6-8-17(9-7-16)14(20)15(21)22)5-10-25-12-3-1-11(2-4-12)18(23)24/h1-4H,5-10H2,(H,21,22). The van der Waals surface area contributed by atoms with Gasteiger partial charge in [0.15, 0.2) is 0 Å². The van der Waals surface area contributed by atoms with Crippen LogP contribution in [0.4, 0.5) is 5.69 Å². The summed E-state index contributed by atoms with van der Waals surface area (Å²) in [4.78, 5) is 46.8. The first-order valence-electron chi connectivity index (χ1n) is 7.55. The van der Waals surface area contributed by atoms with E-state index >= 15 is 0 Å². The maximum atomic E-state index is 12.1. The van der Waals surface area contributed by atoms with Gasteiger partial charge in [-0.1, -0.05) is 0 Å². The number of hydrogen-bond acceptors (Lipinski definition) is 6. The third-order valence-corrected chi connectivity index (χ3v) is 3.73. The first-order chi connectivity index (χ1) is 11.9. The predicted molar refractivity (Wildman–Crippen MR) is 84.0 cm³/mol. The molecule has 25 heavy (non-hydrogen) atoms. The van der Waals surface area contributed by atoms with Gasteiger partial charge < -0.3 is 19.6 Å². The second-order valence-corrected chi connectivity index (χ2v) is 5.33. The van der Waals surface area contributed by atoms with Crippen LogP contribution in [0.2, 0.25) is 0 Å². The highest BCUT2D eigenvalue weighted by Gasteiger charge is 2.27. The third kappa shape index (κ3) is 4.90. The number of nitro benzene ring substituents is 1. The number of benzene rings is 1. The number of amides is 2. The molecule has 1 saturated heterocycles. The Labute approximate surface area is 142 Å². The lowest BCUT2D eigenvalue weighted by Gasteiger charge is -2.33. The van der Waals surface area contributed by atoms with Gasteiger partial charge in [-0.15, -0.1) is 0 Å².